The summed E-state index contributed by atoms with van der Waals surface area (Å²) in [6, 6.07) is 9.84. The second kappa shape index (κ2) is 8.32. The summed E-state index contributed by atoms with van der Waals surface area (Å²) in [5, 5.41) is 9.31. The van der Waals surface area contributed by atoms with Gasteiger partial charge in [0, 0.05) is 41.7 Å². The highest BCUT2D eigenvalue weighted by atomic mass is 32.1. The van der Waals surface area contributed by atoms with Crippen molar-refractivity contribution in [2.45, 2.75) is 26.7 Å². The monoisotopic (exact) mass is 405 g/mol. The molecule has 3 heterocycles. The predicted molar refractivity (Wildman–Crippen MR) is 112 cm³/mol. The Morgan fingerprint density at radius 1 is 1.14 bits per heavy atom. The molecule has 0 spiro atoms. The molecule has 1 N–H and O–H groups in total. The number of hydrogen-bond donors (Lipinski definition) is 1. The standard InChI is InChI=1S/C21H19N5O2S/c1-13-3-4-16(14(2)11-13)17-12-29-21(23-17)24-18(27)5-6-19-25-20(26-28-19)15-7-9-22-10-8-15/h3-4,7-12H,5-6H2,1-2H3,(H,23,24,27). The summed E-state index contributed by atoms with van der Waals surface area (Å²) in [5.74, 6) is 0.762. The van der Waals surface area contributed by atoms with Crippen LogP contribution in [-0.4, -0.2) is 26.0 Å². The van der Waals surface area contributed by atoms with Crippen LogP contribution in [0.2, 0.25) is 0 Å². The van der Waals surface area contributed by atoms with E-state index in [9.17, 15) is 4.79 Å². The van der Waals surface area contributed by atoms with Gasteiger partial charge in [0.2, 0.25) is 17.6 Å². The molecule has 0 bridgehead atoms. The largest absolute Gasteiger partial charge is 0.339 e. The molecule has 0 saturated heterocycles. The topological polar surface area (TPSA) is 93.8 Å². The van der Waals surface area contributed by atoms with Gasteiger partial charge in [-0.15, -0.1) is 11.3 Å². The highest BCUT2D eigenvalue weighted by molar-refractivity contribution is 7.14. The maximum absolute atomic E-state index is 12.3. The Labute approximate surface area is 171 Å². The quantitative estimate of drug-likeness (QED) is 0.510. The fourth-order valence-electron chi connectivity index (χ4n) is 2.93. The molecule has 29 heavy (non-hydrogen) atoms. The van der Waals surface area contributed by atoms with Crippen LogP contribution < -0.4 is 5.32 Å². The predicted octanol–water partition coefficient (Wildman–Crippen LogP) is 4.44. The summed E-state index contributed by atoms with van der Waals surface area (Å²) in [4.78, 5) is 25.1. The van der Waals surface area contributed by atoms with Crippen LogP contribution in [0.25, 0.3) is 22.6 Å². The van der Waals surface area contributed by atoms with Gasteiger partial charge in [-0.1, -0.05) is 28.9 Å². The average molecular weight is 405 g/mol. The van der Waals surface area contributed by atoms with Crippen LogP contribution in [0.3, 0.4) is 0 Å². The van der Waals surface area contributed by atoms with Crippen molar-refractivity contribution in [1.29, 1.82) is 0 Å². The number of aromatic nitrogens is 4. The molecule has 146 valence electrons. The van der Waals surface area contributed by atoms with Crippen molar-refractivity contribution in [3.8, 4) is 22.6 Å². The number of carbonyl (C=O) groups excluding carboxylic acids is 1. The number of nitrogens with zero attached hydrogens (tertiary/aromatic N) is 4. The van der Waals surface area contributed by atoms with E-state index in [-0.39, 0.29) is 12.3 Å². The summed E-state index contributed by atoms with van der Waals surface area (Å²) >= 11 is 1.41. The molecular weight excluding hydrogens is 386 g/mol. The summed E-state index contributed by atoms with van der Waals surface area (Å²) in [7, 11) is 0. The van der Waals surface area contributed by atoms with E-state index in [0.29, 0.717) is 23.3 Å². The molecule has 3 aromatic heterocycles. The van der Waals surface area contributed by atoms with Crippen LogP contribution in [0.5, 0.6) is 0 Å². The molecule has 1 amide bonds. The van der Waals surface area contributed by atoms with Crippen LogP contribution in [-0.2, 0) is 11.2 Å². The van der Waals surface area contributed by atoms with E-state index < -0.39 is 0 Å². The Hall–Kier alpha value is -3.39. The SMILES string of the molecule is Cc1ccc(-c2csc(NC(=O)CCc3nc(-c4ccncc4)no3)n2)c(C)c1. The van der Waals surface area contributed by atoms with E-state index in [4.69, 9.17) is 4.52 Å². The minimum absolute atomic E-state index is 0.143. The van der Waals surface area contributed by atoms with Crippen molar-refractivity contribution in [2.75, 3.05) is 5.32 Å². The zero-order valence-corrected chi connectivity index (χ0v) is 16.9. The molecule has 0 aliphatic heterocycles. The fraction of sp³-hybridized carbons (Fsp3) is 0.190. The van der Waals surface area contributed by atoms with Gasteiger partial charge in [0.1, 0.15) is 0 Å². The molecule has 0 saturated carbocycles. The highest BCUT2D eigenvalue weighted by Gasteiger charge is 2.13. The Kier molecular flexibility index (Phi) is 5.44. The summed E-state index contributed by atoms with van der Waals surface area (Å²) in [6.07, 6.45) is 3.92. The third-order valence-electron chi connectivity index (χ3n) is 4.38. The number of amides is 1. The fourth-order valence-corrected chi connectivity index (χ4v) is 3.66. The van der Waals surface area contributed by atoms with Crippen molar-refractivity contribution in [1.82, 2.24) is 20.1 Å². The average Bonchev–Trinajstić information content (AvgIpc) is 3.37. The van der Waals surface area contributed by atoms with E-state index in [1.54, 1.807) is 24.5 Å². The molecule has 7 nitrogen and oxygen atoms in total. The summed E-state index contributed by atoms with van der Waals surface area (Å²) < 4.78 is 5.23. The molecule has 0 aliphatic rings. The van der Waals surface area contributed by atoms with Gasteiger partial charge in [-0.2, -0.15) is 4.98 Å². The summed E-state index contributed by atoms with van der Waals surface area (Å²) in [6.45, 7) is 4.12. The molecule has 4 rings (SSSR count). The van der Waals surface area contributed by atoms with E-state index in [1.165, 1.54) is 16.9 Å². The minimum atomic E-state index is -0.143. The van der Waals surface area contributed by atoms with Gasteiger partial charge >= 0.3 is 0 Å². The van der Waals surface area contributed by atoms with Gasteiger partial charge in [-0.05, 0) is 31.5 Å². The Morgan fingerprint density at radius 3 is 2.76 bits per heavy atom. The molecule has 0 fully saturated rings. The lowest BCUT2D eigenvalue weighted by Gasteiger charge is -2.03. The number of hydrogen-bond acceptors (Lipinski definition) is 7. The van der Waals surface area contributed by atoms with Crippen molar-refractivity contribution < 1.29 is 9.32 Å². The van der Waals surface area contributed by atoms with E-state index >= 15 is 0 Å². The van der Waals surface area contributed by atoms with E-state index in [2.05, 4.69) is 57.5 Å². The van der Waals surface area contributed by atoms with Crippen LogP contribution in [0.1, 0.15) is 23.4 Å². The maximum Gasteiger partial charge on any atom is 0.227 e. The number of benzene rings is 1. The van der Waals surface area contributed by atoms with Crippen LogP contribution in [0.15, 0.2) is 52.6 Å². The number of anilines is 1. The molecule has 8 heteroatoms. The lowest BCUT2D eigenvalue weighted by atomic mass is 10.0. The van der Waals surface area contributed by atoms with Gasteiger partial charge in [0.25, 0.3) is 0 Å². The lowest BCUT2D eigenvalue weighted by molar-refractivity contribution is -0.116. The molecule has 4 aromatic rings. The number of aryl methyl sites for hydroxylation is 3. The van der Waals surface area contributed by atoms with Crippen molar-refractivity contribution in [2.24, 2.45) is 0 Å². The Morgan fingerprint density at radius 2 is 1.97 bits per heavy atom. The number of rotatable bonds is 6. The van der Waals surface area contributed by atoms with Gasteiger partial charge in [0.15, 0.2) is 5.13 Å². The first-order valence-corrected chi connectivity index (χ1v) is 10.0. The molecule has 1 aromatic carbocycles. The molecule has 0 aliphatic carbocycles. The number of carbonyl (C=O) groups is 1. The van der Waals surface area contributed by atoms with Crippen molar-refractivity contribution in [3.63, 3.8) is 0 Å². The Bertz CT molecular complexity index is 1140. The highest BCUT2D eigenvalue weighted by Crippen LogP contribution is 2.28. The number of thiazole rings is 1. The third-order valence-corrected chi connectivity index (χ3v) is 5.14. The second-order valence-corrected chi connectivity index (χ2v) is 7.51. The molecule has 0 radical (unpaired) electrons. The zero-order valence-electron chi connectivity index (χ0n) is 16.0. The first-order chi connectivity index (χ1) is 14.1. The van der Waals surface area contributed by atoms with Gasteiger partial charge in [0.05, 0.1) is 5.69 Å². The number of nitrogens with one attached hydrogen (secondary N) is 1. The lowest BCUT2D eigenvalue weighted by Crippen LogP contribution is -2.12. The van der Waals surface area contributed by atoms with Gasteiger partial charge in [-0.3, -0.25) is 9.78 Å². The van der Waals surface area contributed by atoms with Crippen LogP contribution in [0, 0.1) is 13.8 Å². The van der Waals surface area contributed by atoms with Gasteiger partial charge in [-0.25, -0.2) is 4.98 Å². The van der Waals surface area contributed by atoms with Crippen molar-refractivity contribution >= 4 is 22.4 Å². The van der Waals surface area contributed by atoms with Crippen LogP contribution in [0.4, 0.5) is 5.13 Å². The second-order valence-electron chi connectivity index (χ2n) is 6.65. The summed E-state index contributed by atoms with van der Waals surface area (Å²) in [5.41, 5.74) is 5.13. The molecular formula is C21H19N5O2S. The first-order valence-electron chi connectivity index (χ1n) is 9.14. The van der Waals surface area contributed by atoms with Crippen molar-refractivity contribution in [3.05, 3.63) is 65.1 Å². The maximum atomic E-state index is 12.3. The molecule has 0 unspecified atom stereocenters. The first kappa shape index (κ1) is 18.9. The van der Waals surface area contributed by atoms with E-state index in [0.717, 1.165) is 22.4 Å². The number of pyridine rings is 1. The Balaban J connectivity index is 1.35. The van der Waals surface area contributed by atoms with Crippen LogP contribution >= 0.6 is 11.3 Å². The molecule has 0 atom stereocenters. The van der Waals surface area contributed by atoms with E-state index in [1.807, 2.05) is 5.38 Å². The minimum Gasteiger partial charge on any atom is -0.339 e. The normalized spacial score (nSPS) is 10.8. The van der Waals surface area contributed by atoms with Gasteiger partial charge < -0.3 is 9.84 Å². The smallest absolute Gasteiger partial charge is 0.227 e. The third kappa shape index (κ3) is 4.55. The zero-order chi connectivity index (χ0) is 20.2.